The minimum Gasteiger partial charge on any atom is -0.377 e. The molecule has 1 aromatic rings. The Bertz CT molecular complexity index is 382. The van der Waals surface area contributed by atoms with Gasteiger partial charge in [-0.3, -0.25) is 10.1 Å². The molecule has 88 valence electrons. The van der Waals surface area contributed by atoms with E-state index in [0.29, 0.717) is 0 Å². The van der Waals surface area contributed by atoms with Gasteiger partial charge < -0.3 is 5.32 Å². The first-order chi connectivity index (χ1) is 7.54. The Kier molecular flexibility index (Phi) is 4.22. The molecule has 0 fully saturated rings. The molecular formula is C11H15FN2O2. The molecule has 1 rings (SSSR count). The number of benzene rings is 1. The lowest BCUT2D eigenvalue weighted by molar-refractivity contribution is -0.384. The second kappa shape index (κ2) is 5.44. The first-order valence-corrected chi connectivity index (χ1v) is 5.25. The van der Waals surface area contributed by atoms with Crippen molar-refractivity contribution in [3.63, 3.8) is 0 Å². The van der Waals surface area contributed by atoms with Gasteiger partial charge in [-0.2, -0.15) is 0 Å². The summed E-state index contributed by atoms with van der Waals surface area (Å²) in [5, 5.41) is 13.7. The van der Waals surface area contributed by atoms with Crippen LogP contribution in [0.15, 0.2) is 18.2 Å². The molecular weight excluding hydrogens is 211 g/mol. The van der Waals surface area contributed by atoms with Crippen LogP contribution in [0.1, 0.15) is 26.7 Å². The highest BCUT2D eigenvalue weighted by Gasteiger charge is 2.15. The minimum atomic E-state index is -0.513. The van der Waals surface area contributed by atoms with Gasteiger partial charge in [0.2, 0.25) is 0 Å². The number of hydrogen-bond donors (Lipinski definition) is 1. The quantitative estimate of drug-likeness (QED) is 0.618. The highest BCUT2D eigenvalue weighted by molar-refractivity contribution is 5.61. The van der Waals surface area contributed by atoms with Crippen LogP contribution < -0.4 is 5.32 Å². The topological polar surface area (TPSA) is 55.2 Å². The van der Waals surface area contributed by atoms with Gasteiger partial charge in [0.05, 0.1) is 4.92 Å². The van der Waals surface area contributed by atoms with Gasteiger partial charge in [-0.05, 0) is 19.4 Å². The normalized spacial score (nSPS) is 12.2. The second-order valence-corrected chi connectivity index (χ2v) is 3.75. The zero-order valence-electron chi connectivity index (χ0n) is 9.37. The minimum absolute atomic E-state index is 0.0884. The van der Waals surface area contributed by atoms with Gasteiger partial charge in [-0.15, -0.1) is 0 Å². The van der Waals surface area contributed by atoms with Crippen molar-refractivity contribution in [3.05, 3.63) is 34.1 Å². The summed E-state index contributed by atoms with van der Waals surface area (Å²) in [6.45, 7) is 3.94. The van der Waals surface area contributed by atoms with Gasteiger partial charge >= 0.3 is 0 Å². The van der Waals surface area contributed by atoms with Gasteiger partial charge in [-0.1, -0.05) is 13.3 Å². The molecule has 1 atom stereocenters. The number of hydrogen-bond acceptors (Lipinski definition) is 3. The Morgan fingerprint density at radius 3 is 2.81 bits per heavy atom. The number of rotatable bonds is 5. The summed E-state index contributed by atoms with van der Waals surface area (Å²) in [5.74, 6) is -0.475. The van der Waals surface area contributed by atoms with Crippen LogP contribution in [-0.4, -0.2) is 11.0 Å². The second-order valence-electron chi connectivity index (χ2n) is 3.75. The fraction of sp³-hybridized carbons (Fsp3) is 0.455. The Hall–Kier alpha value is -1.65. The van der Waals surface area contributed by atoms with E-state index in [1.165, 1.54) is 6.07 Å². The monoisotopic (exact) mass is 226 g/mol. The van der Waals surface area contributed by atoms with E-state index in [4.69, 9.17) is 0 Å². The molecule has 1 unspecified atom stereocenters. The molecule has 0 aliphatic heterocycles. The Morgan fingerprint density at radius 2 is 2.25 bits per heavy atom. The Balaban J connectivity index is 2.92. The van der Waals surface area contributed by atoms with Crippen molar-refractivity contribution in [2.24, 2.45) is 0 Å². The van der Waals surface area contributed by atoms with E-state index in [1.807, 2.05) is 13.8 Å². The summed E-state index contributed by atoms with van der Waals surface area (Å²) in [6.07, 6.45) is 1.85. The highest BCUT2D eigenvalue weighted by Crippen LogP contribution is 2.26. The average Bonchev–Trinajstić information content (AvgIpc) is 2.17. The fourth-order valence-electron chi connectivity index (χ4n) is 1.55. The van der Waals surface area contributed by atoms with Gasteiger partial charge in [0.1, 0.15) is 11.5 Å². The number of nitrogens with zero attached hydrogens (tertiary/aromatic N) is 1. The van der Waals surface area contributed by atoms with Gasteiger partial charge in [0.25, 0.3) is 5.69 Å². The molecule has 0 radical (unpaired) electrons. The Morgan fingerprint density at radius 1 is 1.56 bits per heavy atom. The number of halogens is 1. The molecule has 0 saturated heterocycles. The number of nitrogens with one attached hydrogen (secondary N) is 1. The standard InChI is InChI=1S/C11H15FN2O2/c1-3-4-8(2)13-10-7-9(12)5-6-11(10)14(15)16/h5-8,13H,3-4H2,1-2H3. The van der Waals surface area contributed by atoms with Gasteiger partial charge in [0, 0.05) is 18.2 Å². The molecule has 16 heavy (non-hydrogen) atoms. The summed E-state index contributed by atoms with van der Waals surface area (Å²) >= 11 is 0. The molecule has 0 heterocycles. The third-order valence-electron chi connectivity index (χ3n) is 2.28. The molecule has 0 aliphatic carbocycles. The third kappa shape index (κ3) is 3.18. The maximum Gasteiger partial charge on any atom is 0.292 e. The van der Waals surface area contributed by atoms with Crippen LogP contribution in [0, 0.1) is 15.9 Å². The van der Waals surface area contributed by atoms with E-state index in [-0.39, 0.29) is 17.4 Å². The maximum atomic E-state index is 13.0. The molecule has 0 aliphatic rings. The number of anilines is 1. The lowest BCUT2D eigenvalue weighted by atomic mass is 10.1. The molecule has 4 nitrogen and oxygen atoms in total. The highest BCUT2D eigenvalue weighted by atomic mass is 19.1. The summed E-state index contributed by atoms with van der Waals surface area (Å²) in [5.41, 5.74) is 0.148. The lowest BCUT2D eigenvalue weighted by Gasteiger charge is -2.14. The lowest BCUT2D eigenvalue weighted by Crippen LogP contribution is -2.15. The molecule has 0 aromatic heterocycles. The molecule has 5 heteroatoms. The maximum absolute atomic E-state index is 13.0. The van der Waals surface area contributed by atoms with Crippen molar-refractivity contribution in [2.75, 3.05) is 5.32 Å². The van der Waals surface area contributed by atoms with Crippen LogP contribution in [0.4, 0.5) is 15.8 Å². The van der Waals surface area contributed by atoms with Crippen molar-refractivity contribution in [1.82, 2.24) is 0 Å². The smallest absolute Gasteiger partial charge is 0.292 e. The van der Waals surface area contributed by atoms with Crippen LogP contribution in [-0.2, 0) is 0 Å². The Labute approximate surface area is 93.6 Å². The van der Waals surface area contributed by atoms with Gasteiger partial charge in [0.15, 0.2) is 0 Å². The SMILES string of the molecule is CCCC(C)Nc1cc(F)ccc1[N+](=O)[O-]. The zero-order valence-corrected chi connectivity index (χ0v) is 9.37. The van der Waals surface area contributed by atoms with E-state index < -0.39 is 10.7 Å². The third-order valence-corrected chi connectivity index (χ3v) is 2.28. The van der Waals surface area contributed by atoms with E-state index in [9.17, 15) is 14.5 Å². The van der Waals surface area contributed by atoms with E-state index in [0.717, 1.165) is 25.0 Å². The number of nitro benzene ring substituents is 1. The summed E-state index contributed by atoms with van der Waals surface area (Å²) in [4.78, 5) is 10.2. The van der Waals surface area contributed by atoms with Crippen LogP contribution in [0.3, 0.4) is 0 Å². The first-order valence-electron chi connectivity index (χ1n) is 5.25. The molecule has 1 aromatic carbocycles. The van der Waals surface area contributed by atoms with Gasteiger partial charge in [-0.25, -0.2) is 4.39 Å². The van der Waals surface area contributed by atoms with Crippen molar-refractivity contribution in [1.29, 1.82) is 0 Å². The summed E-state index contributed by atoms with van der Waals surface area (Å²) in [7, 11) is 0. The van der Waals surface area contributed by atoms with E-state index >= 15 is 0 Å². The van der Waals surface area contributed by atoms with Crippen LogP contribution in [0.2, 0.25) is 0 Å². The van der Waals surface area contributed by atoms with Crippen molar-refractivity contribution >= 4 is 11.4 Å². The largest absolute Gasteiger partial charge is 0.377 e. The zero-order chi connectivity index (χ0) is 12.1. The fourth-order valence-corrected chi connectivity index (χ4v) is 1.55. The molecule has 0 bridgehead atoms. The van der Waals surface area contributed by atoms with Crippen molar-refractivity contribution in [3.8, 4) is 0 Å². The van der Waals surface area contributed by atoms with Crippen LogP contribution in [0.25, 0.3) is 0 Å². The molecule has 0 saturated carbocycles. The van der Waals surface area contributed by atoms with E-state index in [1.54, 1.807) is 0 Å². The summed E-state index contributed by atoms with van der Waals surface area (Å²) < 4.78 is 13.0. The molecule has 0 spiro atoms. The van der Waals surface area contributed by atoms with E-state index in [2.05, 4.69) is 5.32 Å². The van der Waals surface area contributed by atoms with Crippen molar-refractivity contribution in [2.45, 2.75) is 32.7 Å². The first kappa shape index (κ1) is 12.4. The van der Waals surface area contributed by atoms with Crippen LogP contribution in [0.5, 0.6) is 0 Å². The summed E-state index contributed by atoms with van der Waals surface area (Å²) in [6, 6.07) is 3.51. The predicted molar refractivity (Wildman–Crippen MR) is 61.0 cm³/mol. The predicted octanol–water partition coefficient (Wildman–Crippen LogP) is 3.33. The number of nitro groups is 1. The van der Waals surface area contributed by atoms with Crippen LogP contribution >= 0.6 is 0 Å². The molecule has 0 amide bonds. The molecule has 1 N–H and O–H groups in total. The van der Waals surface area contributed by atoms with Crippen molar-refractivity contribution < 1.29 is 9.31 Å². The average molecular weight is 226 g/mol.